The zero-order chi connectivity index (χ0) is 14.0. The Bertz CT molecular complexity index is 368. The number of imide groups is 1. The Labute approximate surface area is 115 Å². The molecule has 0 spiro atoms. The maximum atomic E-state index is 12.0. The molecule has 19 heavy (non-hydrogen) atoms. The van der Waals surface area contributed by atoms with Crippen LogP contribution in [-0.4, -0.2) is 53.0 Å². The quantitative estimate of drug-likeness (QED) is 0.787. The molecule has 0 saturated carbocycles. The minimum Gasteiger partial charge on any atom is -0.324 e. The minimum absolute atomic E-state index is 0.107. The van der Waals surface area contributed by atoms with Crippen LogP contribution in [-0.2, 0) is 4.79 Å². The molecule has 5 heteroatoms. The van der Waals surface area contributed by atoms with Gasteiger partial charge < -0.3 is 10.2 Å². The highest BCUT2D eigenvalue weighted by Crippen LogP contribution is 2.19. The van der Waals surface area contributed by atoms with Gasteiger partial charge in [0.2, 0.25) is 0 Å². The maximum Gasteiger partial charge on any atom is 0.325 e. The number of carbonyl (C=O) groups excluding carboxylic acids is 2. The summed E-state index contributed by atoms with van der Waals surface area (Å²) in [5.74, 6) is -0.107. The summed E-state index contributed by atoms with van der Waals surface area (Å²) >= 11 is 0. The van der Waals surface area contributed by atoms with E-state index in [0.29, 0.717) is 12.6 Å². The summed E-state index contributed by atoms with van der Waals surface area (Å²) in [5, 5.41) is 2.71. The first-order valence-electron chi connectivity index (χ1n) is 7.30. The number of likely N-dealkylation sites (tertiary alicyclic amines) is 1. The van der Waals surface area contributed by atoms with Gasteiger partial charge in [-0.05, 0) is 46.6 Å². The average molecular weight is 267 g/mol. The fourth-order valence-corrected chi connectivity index (χ4v) is 2.94. The number of amides is 3. The van der Waals surface area contributed by atoms with E-state index in [-0.39, 0.29) is 11.9 Å². The number of nitrogens with zero attached hydrogens (tertiary/aromatic N) is 2. The van der Waals surface area contributed by atoms with Crippen LogP contribution < -0.4 is 5.32 Å². The lowest BCUT2D eigenvalue weighted by Gasteiger charge is -2.33. The van der Waals surface area contributed by atoms with Crippen molar-refractivity contribution in [1.29, 1.82) is 0 Å². The SMILES string of the molecule is C[C@H]1CCCCN1CCCN1C(=O)NC(C)(C)C1=O. The molecular weight excluding hydrogens is 242 g/mol. The fraction of sp³-hybridized carbons (Fsp3) is 0.857. The Hall–Kier alpha value is -1.10. The van der Waals surface area contributed by atoms with Gasteiger partial charge in [0.25, 0.3) is 5.91 Å². The molecule has 2 aliphatic heterocycles. The van der Waals surface area contributed by atoms with Crippen molar-refractivity contribution < 1.29 is 9.59 Å². The van der Waals surface area contributed by atoms with E-state index in [9.17, 15) is 9.59 Å². The van der Waals surface area contributed by atoms with Crippen molar-refractivity contribution in [1.82, 2.24) is 15.1 Å². The summed E-state index contributed by atoms with van der Waals surface area (Å²) in [7, 11) is 0. The van der Waals surface area contributed by atoms with Crippen molar-refractivity contribution in [3.63, 3.8) is 0 Å². The summed E-state index contributed by atoms with van der Waals surface area (Å²) in [4.78, 5) is 27.6. The summed E-state index contributed by atoms with van der Waals surface area (Å²) in [6, 6.07) is 0.384. The largest absolute Gasteiger partial charge is 0.325 e. The first-order valence-corrected chi connectivity index (χ1v) is 7.30. The lowest BCUT2D eigenvalue weighted by atomic mass is 10.0. The van der Waals surface area contributed by atoms with Gasteiger partial charge in [-0.15, -0.1) is 0 Å². The lowest BCUT2D eigenvalue weighted by molar-refractivity contribution is -0.130. The molecule has 2 rings (SSSR count). The molecule has 1 atom stereocenters. The zero-order valence-electron chi connectivity index (χ0n) is 12.2. The van der Waals surface area contributed by atoms with Crippen molar-refractivity contribution in [3.05, 3.63) is 0 Å². The van der Waals surface area contributed by atoms with Gasteiger partial charge in [0.05, 0.1) is 0 Å². The van der Waals surface area contributed by atoms with Crippen LogP contribution in [0.25, 0.3) is 0 Å². The smallest absolute Gasteiger partial charge is 0.324 e. The molecule has 2 aliphatic rings. The van der Waals surface area contributed by atoms with Gasteiger partial charge in [0.15, 0.2) is 0 Å². The standard InChI is InChI=1S/C14H25N3O2/c1-11-7-4-5-8-16(11)9-6-10-17-12(18)14(2,3)15-13(17)19/h11H,4-10H2,1-3H3,(H,15,19)/t11-/m0/s1. The third-order valence-corrected chi connectivity index (χ3v) is 4.21. The molecule has 0 unspecified atom stereocenters. The molecule has 0 radical (unpaired) electrons. The first kappa shape index (κ1) is 14.3. The number of hydrogen-bond donors (Lipinski definition) is 1. The molecule has 0 aromatic heterocycles. The maximum absolute atomic E-state index is 12.0. The van der Waals surface area contributed by atoms with E-state index in [2.05, 4.69) is 17.1 Å². The Morgan fingerprint density at radius 1 is 1.26 bits per heavy atom. The van der Waals surface area contributed by atoms with E-state index in [1.807, 2.05) is 0 Å². The van der Waals surface area contributed by atoms with E-state index >= 15 is 0 Å². The Balaban J connectivity index is 1.79. The molecule has 0 aliphatic carbocycles. The molecular formula is C14H25N3O2. The molecule has 2 fully saturated rings. The predicted molar refractivity (Wildman–Crippen MR) is 73.8 cm³/mol. The van der Waals surface area contributed by atoms with Crippen molar-refractivity contribution in [2.24, 2.45) is 0 Å². The molecule has 3 amide bonds. The fourth-order valence-electron chi connectivity index (χ4n) is 2.94. The normalized spacial score (nSPS) is 27.7. The van der Waals surface area contributed by atoms with Crippen LogP contribution in [0.3, 0.4) is 0 Å². The van der Waals surface area contributed by atoms with Crippen LogP contribution in [0.15, 0.2) is 0 Å². The van der Waals surface area contributed by atoms with Crippen molar-refractivity contribution >= 4 is 11.9 Å². The third-order valence-electron chi connectivity index (χ3n) is 4.21. The van der Waals surface area contributed by atoms with Gasteiger partial charge in [-0.2, -0.15) is 0 Å². The number of nitrogens with one attached hydrogen (secondary N) is 1. The van der Waals surface area contributed by atoms with Gasteiger partial charge >= 0.3 is 6.03 Å². The first-order chi connectivity index (χ1) is 8.92. The Morgan fingerprint density at radius 3 is 2.58 bits per heavy atom. The molecule has 0 aromatic carbocycles. The van der Waals surface area contributed by atoms with Crippen LogP contribution in [0.5, 0.6) is 0 Å². The van der Waals surface area contributed by atoms with Crippen molar-refractivity contribution in [2.45, 2.75) is 58.0 Å². The van der Waals surface area contributed by atoms with E-state index in [1.165, 1.54) is 24.2 Å². The molecule has 1 N–H and O–H groups in total. The lowest BCUT2D eigenvalue weighted by Crippen LogP contribution is -2.41. The molecule has 108 valence electrons. The highest BCUT2D eigenvalue weighted by Gasteiger charge is 2.43. The third kappa shape index (κ3) is 3.08. The van der Waals surface area contributed by atoms with E-state index < -0.39 is 5.54 Å². The van der Waals surface area contributed by atoms with Crippen molar-refractivity contribution in [2.75, 3.05) is 19.6 Å². The van der Waals surface area contributed by atoms with Crippen LogP contribution >= 0.6 is 0 Å². The van der Waals surface area contributed by atoms with E-state index in [0.717, 1.165) is 19.5 Å². The molecule has 2 saturated heterocycles. The van der Waals surface area contributed by atoms with Crippen molar-refractivity contribution in [3.8, 4) is 0 Å². The minimum atomic E-state index is -0.741. The Morgan fingerprint density at radius 2 is 2.00 bits per heavy atom. The second-order valence-corrected chi connectivity index (χ2v) is 6.25. The topological polar surface area (TPSA) is 52.6 Å². The van der Waals surface area contributed by atoms with Gasteiger partial charge in [-0.1, -0.05) is 6.42 Å². The van der Waals surface area contributed by atoms with Gasteiger partial charge in [-0.25, -0.2) is 4.79 Å². The highest BCUT2D eigenvalue weighted by molar-refractivity contribution is 6.06. The predicted octanol–water partition coefficient (Wildman–Crippen LogP) is 1.58. The number of piperidine rings is 1. The number of rotatable bonds is 4. The molecule has 2 heterocycles. The van der Waals surface area contributed by atoms with Gasteiger partial charge in [-0.3, -0.25) is 9.69 Å². The second kappa shape index (κ2) is 5.49. The second-order valence-electron chi connectivity index (χ2n) is 6.25. The van der Waals surface area contributed by atoms with Crippen LogP contribution in [0.1, 0.15) is 46.5 Å². The summed E-state index contributed by atoms with van der Waals surface area (Å²) in [6.45, 7) is 8.40. The average Bonchev–Trinajstić information content (AvgIpc) is 2.53. The number of hydrogen-bond acceptors (Lipinski definition) is 3. The molecule has 0 bridgehead atoms. The summed E-state index contributed by atoms with van der Waals surface area (Å²) < 4.78 is 0. The van der Waals surface area contributed by atoms with Crippen LogP contribution in [0, 0.1) is 0 Å². The van der Waals surface area contributed by atoms with Crippen LogP contribution in [0.2, 0.25) is 0 Å². The van der Waals surface area contributed by atoms with E-state index in [1.54, 1.807) is 13.8 Å². The monoisotopic (exact) mass is 267 g/mol. The van der Waals surface area contributed by atoms with Gasteiger partial charge in [0.1, 0.15) is 5.54 Å². The summed E-state index contributed by atoms with van der Waals surface area (Å²) in [5.41, 5.74) is -0.741. The Kier molecular flexibility index (Phi) is 4.13. The number of carbonyl (C=O) groups is 2. The summed E-state index contributed by atoms with van der Waals surface area (Å²) in [6.07, 6.45) is 4.70. The molecule has 0 aromatic rings. The van der Waals surface area contributed by atoms with Gasteiger partial charge in [0, 0.05) is 19.1 Å². The molecule has 5 nitrogen and oxygen atoms in total. The zero-order valence-corrected chi connectivity index (χ0v) is 12.2. The van der Waals surface area contributed by atoms with E-state index in [4.69, 9.17) is 0 Å². The highest BCUT2D eigenvalue weighted by atomic mass is 16.2. The van der Waals surface area contributed by atoms with Crippen LogP contribution in [0.4, 0.5) is 4.79 Å². The number of urea groups is 1.